The first kappa shape index (κ1) is 24.3. The molecule has 2 aromatic rings. The normalized spacial score (nSPS) is 24.7. The van der Waals surface area contributed by atoms with Crippen molar-refractivity contribution in [2.24, 2.45) is 23.5 Å². The Morgan fingerprint density at radius 2 is 1.97 bits per heavy atom. The first-order valence-electron chi connectivity index (χ1n) is 11.2. The van der Waals surface area contributed by atoms with Crippen molar-refractivity contribution in [3.05, 3.63) is 41.6 Å². The molecule has 11 heteroatoms. The van der Waals surface area contributed by atoms with Crippen molar-refractivity contribution in [3.63, 3.8) is 0 Å². The van der Waals surface area contributed by atoms with Crippen LogP contribution in [0.2, 0.25) is 0 Å². The number of hydrogen-bond donors (Lipinski definition) is 2. The van der Waals surface area contributed by atoms with Gasteiger partial charge in [0, 0.05) is 24.8 Å². The number of hydrogen-bond acceptors (Lipinski definition) is 6. The smallest absolute Gasteiger partial charge is 0.416 e. The summed E-state index contributed by atoms with van der Waals surface area (Å²) in [7, 11) is 0. The fourth-order valence-electron chi connectivity index (χ4n) is 4.73. The summed E-state index contributed by atoms with van der Waals surface area (Å²) in [6.45, 7) is 9.50. The minimum Gasteiger partial charge on any atom is -0.424 e. The second-order valence-corrected chi connectivity index (χ2v) is 9.79. The number of thiocarbonyl (C=S) groups is 1. The average molecular weight is 495 g/mol. The van der Waals surface area contributed by atoms with Gasteiger partial charge in [0.05, 0.1) is 11.6 Å². The van der Waals surface area contributed by atoms with Crippen molar-refractivity contribution in [1.29, 1.82) is 0 Å². The molecule has 0 spiro atoms. The number of rotatable bonds is 6. The molecule has 3 fully saturated rings. The van der Waals surface area contributed by atoms with Crippen molar-refractivity contribution >= 4 is 23.2 Å². The molecule has 3 unspecified atom stereocenters. The molecule has 0 amide bonds. The molecule has 3 N–H and O–H groups in total. The van der Waals surface area contributed by atoms with E-state index in [-0.39, 0.29) is 23.8 Å². The molecule has 1 aromatic carbocycles. The lowest BCUT2D eigenvalue weighted by Gasteiger charge is -2.58. The predicted octanol–water partition coefficient (Wildman–Crippen LogP) is 4.84. The summed E-state index contributed by atoms with van der Waals surface area (Å²) in [5.41, 5.74) is 5.68. The third-order valence-corrected chi connectivity index (χ3v) is 6.93. The van der Waals surface area contributed by atoms with E-state index in [4.69, 9.17) is 22.7 Å². The van der Waals surface area contributed by atoms with E-state index in [0.717, 1.165) is 30.2 Å². The fourth-order valence-corrected chi connectivity index (χ4v) is 5.07. The maximum absolute atomic E-state index is 13.1. The third kappa shape index (κ3) is 4.84. The number of nitrogens with two attached hydrogens (primary N) is 1. The Labute approximate surface area is 202 Å². The van der Waals surface area contributed by atoms with Gasteiger partial charge in [0.2, 0.25) is 5.95 Å². The summed E-state index contributed by atoms with van der Waals surface area (Å²) in [5, 5.41) is 7.96. The highest BCUT2D eigenvalue weighted by molar-refractivity contribution is 7.80. The summed E-state index contributed by atoms with van der Waals surface area (Å²) in [6.07, 6.45) is -2.64. The molecular weight excluding hydrogens is 465 g/mol. The van der Waals surface area contributed by atoms with Crippen LogP contribution in [-0.4, -0.2) is 43.8 Å². The van der Waals surface area contributed by atoms with Gasteiger partial charge in [0.25, 0.3) is 0 Å². The van der Waals surface area contributed by atoms with Crippen LogP contribution in [0.25, 0.3) is 0 Å². The molecule has 2 aliphatic heterocycles. The molecule has 34 heavy (non-hydrogen) atoms. The Hall–Kier alpha value is -2.82. The highest BCUT2D eigenvalue weighted by Gasteiger charge is 2.53. The SMILES string of the molecule is CC(N)=CC(=S)N1CC2C(C)[C@@H](C1)C2Nc1nc(Oc2cccc(C(F)(F)F)c2)n(C(C)C)n1. The zero-order chi connectivity index (χ0) is 24.8. The van der Waals surface area contributed by atoms with Gasteiger partial charge in [-0.3, -0.25) is 0 Å². The van der Waals surface area contributed by atoms with Crippen molar-refractivity contribution in [3.8, 4) is 11.8 Å². The van der Waals surface area contributed by atoms with E-state index in [0.29, 0.717) is 29.4 Å². The number of fused-ring (bicyclic) bond motifs is 2. The van der Waals surface area contributed by atoms with Gasteiger partial charge < -0.3 is 20.7 Å². The highest BCUT2D eigenvalue weighted by Crippen LogP contribution is 2.47. The van der Waals surface area contributed by atoms with Crippen LogP contribution in [0.4, 0.5) is 19.1 Å². The lowest BCUT2D eigenvalue weighted by atomic mass is 9.58. The number of aromatic nitrogens is 3. The van der Waals surface area contributed by atoms with Crippen LogP contribution < -0.4 is 15.8 Å². The van der Waals surface area contributed by atoms with Gasteiger partial charge in [0.1, 0.15) is 10.7 Å². The van der Waals surface area contributed by atoms with E-state index in [2.05, 4.69) is 27.2 Å². The van der Waals surface area contributed by atoms with Crippen molar-refractivity contribution in [1.82, 2.24) is 19.7 Å². The second-order valence-electron chi connectivity index (χ2n) is 9.37. The monoisotopic (exact) mass is 494 g/mol. The third-order valence-electron chi connectivity index (χ3n) is 6.55. The molecule has 7 nitrogen and oxygen atoms in total. The molecule has 1 aliphatic carbocycles. The molecule has 3 aliphatic rings. The van der Waals surface area contributed by atoms with Crippen LogP contribution in [0.15, 0.2) is 36.0 Å². The van der Waals surface area contributed by atoms with Gasteiger partial charge in [-0.25, -0.2) is 4.68 Å². The van der Waals surface area contributed by atoms with Gasteiger partial charge in [-0.1, -0.05) is 25.2 Å². The van der Waals surface area contributed by atoms with Crippen molar-refractivity contribution in [2.75, 3.05) is 18.4 Å². The molecule has 3 heterocycles. The lowest BCUT2D eigenvalue weighted by Crippen LogP contribution is -2.66. The van der Waals surface area contributed by atoms with Gasteiger partial charge in [0.15, 0.2) is 0 Å². The number of nitrogens with one attached hydrogen (secondary N) is 1. The summed E-state index contributed by atoms with van der Waals surface area (Å²) < 4.78 is 46.5. The number of benzene rings is 1. The van der Waals surface area contributed by atoms with E-state index < -0.39 is 11.7 Å². The van der Waals surface area contributed by atoms with E-state index in [1.54, 1.807) is 4.68 Å². The Kier molecular flexibility index (Phi) is 6.50. The maximum atomic E-state index is 13.1. The van der Waals surface area contributed by atoms with E-state index in [1.165, 1.54) is 12.1 Å². The van der Waals surface area contributed by atoms with E-state index >= 15 is 0 Å². The number of anilines is 1. The molecule has 1 saturated carbocycles. The minimum absolute atomic E-state index is 0.0530. The molecule has 2 saturated heterocycles. The van der Waals surface area contributed by atoms with Gasteiger partial charge in [-0.2, -0.15) is 18.2 Å². The molecular formula is C23H29F3N6OS. The van der Waals surface area contributed by atoms with Gasteiger partial charge >= 0.3 is 12.2 Å². The highest BCUT2D eigenvalue weighted by atomic mass is 32.1. The molecule has 184 valence electrons. The first-order valence-corrected chi connectivity index (χ1v) is 11.7. The topological polar surface area (TPSA) is 81.2 Å². The lowest BCUT2D eigenvalue weighted by molar-refractivity contribution is -0.137. The maximum Gasteiger partial charge on any atom is 0.416 e. The molecule has 4 atom stereocenters. The van der Waals surface area contributed by atoms with Crippen LogP contribution in [0.3, 0.4) is 0 Å². The zero-order valence-corrected chi connectivity index (χ0v) is 20.3. The largest absolute Gasteiger partial charge is 0.424 e. The Morgan fingerprint density at radius 1 is 1.29 bits per heavy atom. The molecule has 0 radical (unpaired) electrons. The standard InChI is InChI=1S/C23H29F3N6OS/c1-12(2)32-22(33-16-7-5-6-15(9-16)23(24,25)26)29-21(30-32)28-20-17-10-31(11-18(20)14(17)4)19(34)8-13(3)27/h5-9,12,14,17-18,20H,10-11,27H2,1-4H3,(H,28,30)/t14?,17-,18?,20?/m1/s1. The quantitative estimate of drug-likeness (QED) is 0.439. The summed E-state index contributed by atoms with van der Waals surface area (Å²) >= 11 is 5.51. The van der Waals surface area contributed by atoms with Crippen LogP contribution in [0.1, 0.15) is 39.3 Å². The summed E-state index contributed by atoms with van der Waals surface area (Å²) in [4.78, 5) is 7.39. The minimum atomic E-state index is -4.45. The van der Waals surface area contributed by atoms with Crippen LogP contribution in [0.5, 0.6) is 11.8 Å². The molecule has 5 rings (SSSR count). The predicted molar refractivity (Wildman–Crippen MR) is 128 cm³/mol. The van der Waals surface area contributed by atoms with Gasteiger partial charge in [-0.05, 0) is 62.8 Å². The number of alkyl halides is 3. The summed E-state index contributed by atoms with van der Waals surface area (Å²) in [6, 6.07) is 4.96. The fraction of sp³-hybridized carbons (Fsp3) is 0.522. The number of nitrogens with zero attached hydrogens (tertiary/aromatic N) is 4. The molecule has 2 bridgehead atoms. The number of ether oxygens (including phenoxy) is 1. The van der Waals surface area contributed by atoms with Crippen molar-refractivity contribution in [2.45, 2.75) is 46.0 Å². The number of halogens is 3. The zero-order valence-electron chi connectivity index (χ0n) is 19.5. The second kappa shape index (κ2) is 9.09. The van der Waals surface area contributed by atoms with Crippen LogP contribution in [-0.2, 0) is 6.18 Å². The summed E-state index contributed by atoms with van der Waals surface area (Å²) in [5.74, 6) is 1.71. The Bertz CT molecular complexity index is 1080. The Balaban J connectivity index is 1.49. The first-order chi connectivity index (χ1) is 15.9. The molecule has 1 aromatic heterocycles. The Morgan fingerprint density at radius 3 is 2.56 bits per heavy atom. The van der Waals surface area contributed by atoms with Crippen LogP contribution in [0, 0.1) is 17.8 Å². The number of piperidine rings is 2. The van der Waals surface area contributed by atoms with Crippen LogP contribution >= 0.6 is 12.2 Å². The number of allylic oxidation sites excluding steroid dienone is 1. The van der Waals surface area contributed by atoms with Gasteiger partial charge in [-0.15, -0.1) is 5.10 Å². The van der Waals surface area contributed by atoms with E-state index in [1.807, 2.05) is 26.8 Å². The average Bonchev–Trinajstić information content (AvgIpc) is 3.16. The van der Waals surface area contributed by atoms with E-state index in [9.17, 15) is 13.2 Å². The van der Waals surface area contributed by atoms with Crippen molar-refractivity contribution < 1.29 is 17.9 Å².